The summed E-state index contributed by atoms with van der Waals surface area (Å²) in [7, 11) is 0. The number of aromatic nitrogens is 3. The lowest BCUT2D eigenvalue weighted by atomic mass is 9.95. The third-order valence-corrected chi connectivity index (χ3v) is 6.32. The van der Waals surface area contributed by atoms with Crippen LogP contribution in [0.1, 0.15) is 19.8 Å². The van der Waals surface area contributed by atoms with Crippen LogP contribution in [0.5, 0.6) is 5.88 Å². The highest BCUT2D eigenvalue weighted by molar-refractivity contribution is 7.17. The van der Waals surface area contributed by atoms with Crippen molar-refractivity contribution in [2.75, 3.05) is 13.1 Å². The molecule has 3 aromatic heterocycles. The topological polar surface area (TPSA) is 51.5 Å². The molecule has 0 saturated carbocycles. The number of hydrogen-bond acceptors (Lipinski definition) is 5. The first-order valence-electron chi connectivity index (χ1n) is 9.48. The number of benzene rings is 1. The van der Waals surface area contributed by atoms with Crippen LogP contribution >= 0.6 is 11.3 Å². The first kappa shape index (κ1) is 16.7. The molecular weight excluding hydrogens is 356 g/mol. The lowest BCUT2D eigenvalue weighted by Crippen LogP contribution is -2.38. The SMILES string of the molecule is CC(Oc1ccc2nc(-c3csc4ccccc34)cn2n1)C1CCCNC1. The van der Waals surface area contributed by atoms with E-state index in [1.807, 2.05) is 22.8 Å². The summed E-state index contributed by atoms with van der Waals surface area (Å²) in [6.45, 7) is 4.27. The number of hydrogen-bond donors (Lipinski definition) is 1. The fourth-order valence-electron chi connectivity index (χ4n) is 3.80. The Morgan fingerprint density at radius 3 is 3.07 bits per heavy atom. The van der Waals surface area contributed by atoms with Gasteiger partial charge < -0.3 is 10.1 Å². The van der Waals surface area contributed by atoms with Gasteiger partial charge >= 0.3 is 0 Å². The Morgan fingerprint density at radius 1 is 1.26 bits per heavy atom. The number of nitrogens with one attached hydrogen (secondary N) is 1. The summed E-state index contributed by atoms with van der Waals surface area (Å²) in [5, 5.41) is 11.5. The van der Waals surface area contributed by atoms with E-state index in [0.717, 1.165) is 30.0 Å². The first-order valence-corrected chi connectivity index (χ1v) is 10.4. The van der Waals surface area contributed by atoms with Gasteiger partial charge in [0.2, 0.25) is 5.88 Å². The minimum absolute atomic E-state index is 0.145. The Labute approximate surface area is 162 Å². The van der Waals surface area contributed by atoms with Crippen LogP contribution in [0.4, 0.5) is 0 Å². The summed E-state index contributed by atoms with van der Waals surface area (Å²) in [6, 6.07) is 12.3. The molecule has 6 heteroatoms. The van der Waals surface area contributed by atoms with E-state index in [9.17, 15) is 0 Å². The Kier molecular flexibility index (Phi) is 4.30. The van der Waals surface area contributed by atoms with Crippen LogP contribution in [0.3, 0.4) is 0 Å². The van der Waals surface area contributed by atoms with Gasteiger partial charge in [0.1, 0.15) is 6.10 Å². The minimum Gasteiger partial charge on any atom is -0.473 e. The molecule has 1 N–H and O–H groups in total. The molecule has 5 rings (SSSR count). The molecule has 2 unspecified atom stereocenters. The lowest BCUT2D eigenvalue weighted by molar-refractivity contribution is 0.124. The average molecular weight is 379 g/mol. The quantitative estimate of drug-likeness (QED) is 0.573. The number of ether oxygens (including phenoxy) is 1. The molecule has 1 aliphatic rings. The number of piperidine rings is 1. The van der Waals surface area contributed by atoms with Gasteiger partial charge in [-0.1, -0.05) is 18.2 Å². The number of thiophene rings is 1. The maximum Gasteiger partial charge on any atom is 0.232 e. The number of rotatable bonds is 4. The fourth-order valence-corrected chi connectivity index (χ4v) is 4.75. The smallest absolute Gasteiger partial charge is 0.232 e. The standard InChI is InChI=1S/C21H22N4OS/c1-14(15-5-4-10-22-11-15)26-21-9-8-20-23-18(12-25(20)24-21)17-13-27-19-7-3-2-6-16(17)19/h2-3,6-9,12-15,22H,4-5,10-11H2,1H3. The van der Waals surface area contributed by atoms with Gasteiger partial charge in [0, 0.05) is 39.6 Å². The second-order valence-corrected chi connectivity index (χ2v) is 8.09. The molecule has 0 aliphatic carbocycles. The van der Waals surface area contributed by atoms with E-state index in [0.29, 0.717) is 11.8 Å². The maximum atomic E-state index is 6.13. The van der Waals surface area contributed by atoms with Crippen molar-refractivity contribution < 1.29 is 4.74 Å². The molecule has 2 atom stereocenters. The highest BCUT2D eigenvalue weighted by atomic mass is 32.1. The van der Waals surface area contributed by atoms with Gasteiger partial charge in [-0.2, -0.15) is 0 Å². The average Bonchev–Trinajstić information content (AvgIpc) is 3.32. The summed E-state index contributed by atoms with van der Waals surface area (Å²) in [5.41, 5.74) is 2.94. The predicted molar refractivity (Wildman–Crippen MR) is 109 cm³/mol. The molecule has 0 amide bonds. The second-order valence-electron chi connectivity index (χ2n) is 7.18. The molecule has 1 aromatic carbocycles. The summed E-state index contributed by atoms with van der Waals surface area (Å²) in [6.07, 6.45) is 4.55. The van der Waals surface area contributed by atoms with Gasteiger partial charge in [0.25, 0.3) is 0 Å². The van der Waals surface area contributed by atoms with Gasteiger partial charge in [-0.15, -0.1) is 16.4 Å². The van der Waals surface area contributed by atoms with Gasteiger partial charge in [-0.25, -0.2) is 9.50 Å². The number of nitrogens with zero attached hydrogens (tertiary/aromatic N) is 3. The van der Waals surface area contributed by atoms with E-state index in [-0.39, 0.29) is 6.10 Å². The Morgan fingerprint density at radius 2 is 2.19 bits per heavy atom. The molecular formula is C21H22N4OS. The van der Waals surface area contributed by atoms with E-state index in [2.05, 4.69) is 47.0 Å². The number of fused-ring (bicyclic) bond motifs is 2. The summed E-state index contributed by atoms with van der Waals surface area (Å²) >= 11 is 1.75. The zero-order chi connectivity index (χ0) is 18.2. The monoisotopic (exact) mass is 378 g/mol. The summed E-state index contributed by atoms with van der Waals surface area (Å²) in [4.78, 5) is 4.76. The predicted octanol–water partition coefficient (Wildman–Crippen LogP) is 4.38. The van der Waals surface area contributed by atoms with Gasteiger partial charge in [0.15, 0.2) is 5.65 Å². The number of imidazole rings is 1. The highest BCUT2D eigenvalue weighted by Gasteiger charge is 2.22. The van der Waals surface area contributed by atoms with E-state index >= 15 is 0 Å². The Bertz CT molecular complexity index is 1080. The van der Waals surface area contributed by atoms with Crippen LogP contribution in [-0.4, -0.2) is 33.8 Å². The highest BCUT2D eigenvalue weighted by Crippen LogP contribution is 2.33. The molecule has 1 saturated heterocycles. The molecule has 27 heavy (non-hydrogen) atoms. The largest absolute Gasteiger partial charge is 0.473 e. The summed E-state index contributed by atoms with van der Waals surface area (Å²) < 4.78 is 9.23. The van der Waals surface area contributed by atoms with Crippen LogP contribution < -0.4 is 10.1 Å². The molecule has 5 nitrogen and oxygen atoms in total. The van der Waals surface area contributed by atoms with E-state index in [1.165, 1.54) is 22.9 Å². The molecule has 1 fully saturated rings. The molecule has 138 valence electrons. The van der Waals surface area contributed by atoms with Gasteiger partial charge in [-0.05, 0) is 38.4 Å². The Balaban J connectivity index is 1.43. The molecule has 1 aliphatic heterocycles. The second kappa shape index (κ2) is 6.94. The third kappa shape index (κ3) is 3.19. The van der Waals surface area contributed by atoms with Crippen molar-refractivity contribution in [2.45, 2.75) is 25.9 Å². The molecule has 4 heterocycles. The van der Waals surface area contributed by atoms with Crippen LogP contribution in [0.25, 0.3) is 27.0 Å². The normalized spacial score (nSPS) is 18.8. The van der Waals surface area contributed by atoms with Crippen LogP contribution in [-0.2, 0) is 0 Å². The first-order chi connectivity index (χ1) is 13.3. The van der Waals surface area contributed by atoms with E-state index in [4.69, 9.17) is 9.72 Å². The fraction of sp³-hybridized carbons (Fsp3) is 0.333. The minimum atomic E-state index is 0.145. The van der Waals surface area contributed by atoms with Crippen molar-refractivity contribution >= 4 is 27.1 Å². The maximum absolute atomic E-state index is 6.13. The molecule has 0 radical (unpaired) electrons. The van der Waals surface area contributed by atoms with Crippen molar-refractivity contribution in [3.63, 3.8) is 0 Å². The third-order valence-electron chi connectivity index (χ3n) is 5.36. The van der Waals surface area contributed by atoms with Crippen LogP contribution in [0.2, 0.25) is 0 Å². The van der Waals surface area contributed by atoms with Gasteiger partial charge in [0.05, 0.1) is 11.9 Å². The Hall–Kier alpha value is -2.44. The molecule has 0 bridgehead atoms. The zero-order valence-electron chi connectivity index (χ0n) is 15.3. The van der Waals surface area contributed by atoms with Crippen molar-refractivity contribution in [3.05, 3.63) is 48.0 Å². The molecule has 4 aromatic rings. The van der Waals surface area contributed by atoms with Crippen molar-refractivity contribution in [3.8, 4) is 17.1 Å². The van der Waals surface area contributed by atoms with Crippen LogP contribution in [0.15, 0.2) is 48.0 Å². The van der Waals surface area contributed by atoms with E-state index in [1.54, 1.807) is 11.3 Å². The van der Waals surface area contributed by atoms with Crippen molar-refractivity contribution in [1.82, 2.24) is 19.9 Å². The zero-order valence-corrected chi connectivity index (χ0v) is 16.1. The summed E-state index contributed by atoms with van der Waals surface area (Å²) in [5.74, 6) is 1.19. The van der Waals surface area contributed by atoms with Gasteiger partial charge in [-0.3, -0.25) is 0 Å². The van der Waals surface area contributed by atoms with E-state index < -0.39 is 0 Å². The lowest BCUT2D eigenvalue weighted by Gasteiger charge is -2.28. The van der Waals surface area contributed by atoms with Crippen LogP contribution in [0, 0.1) is 5.92 Å². The van der Waals surface area contributed by atoms with Crippen molar-refractivity contribution in [2.24, 2.45) is 5.92 Å². The molecule has 0 spiro atoms. The van der Waals surface area contributed by atoms with Crippen molar-refractivity contribution in [1.29, 1.82) is 0 Å².